The predicted octanol–water partition coefficient (Wildman–Crippen LogP) is 4.45. The number of likely N-dealkylation sites (tertiary alicyclic amines) is 1. The van der Waals surface area contributed by atoms with Gasteiger partial charge >= 0.3 is 0 Å². The van der Waals surface area contributed by atoms with Gasteiger partial charge in [0.25, 0.3) is 0 Å². The molecule has 0 aromatic heterocycles. The molecule has 0 unspecified atom stereocenters. The number of piperidine rings is 1. The standard InChI is InChI=1S/C27H37N3O2/c1-21-7-10-23(11-8-21)19-30-24(20-32-26-17-22(2)9-12-25(26)30)18-27(31)28-13-6-16-29-14-4-3-5-15-29/h7-12,17,24H,3-6,13-16,18-20H2,1-2H3,(H,28,31)/t24-/m1/s1. The molecule has 5 heteroatoms. The van der Waals surface area contributed by atoms with E-state index in [9.17, 15) is 4.79 Å². The van der Waals surface area contributed by atoms with E-state index in [1.54, 1.807) is 0 Å². The number of hydrogen-bond acceptors (Lipinski definition) is 4. The van der Waals surface area contributed by atoms with E-state index in [0.29, 0.717) is 13.0 Å². The molecule has 2 heterocycles. The molecule has 0 saturated carbocycles. The smallest absolute Gasteiger partial charge is 0.222 e. The van der Waals surface area contributed by atoms with Crippen LogP contribution >= 0.6 is 0 Å². The van der Waals surface area contributed by atoms with Crippen molar-refractivity contribution in [1.29, 1.82) is 0 Å². The zero-order valence-electron chi connectivity index (χ0n) is 19.6. The van der Waals surface area contributed by atoms with Crippen molar-refractivity contribution in [2.45, 2.75) is 58.5 Å². The van der Waals surface area contributed by atoms with Gasteiger partial charge in [0, 0.05) is 13.1 Å². The van der Waals surface area contributed by atoms with Crippen LogP contribution < -0.4 is 15.0 Å². The number of aryl methyl sites for hydroxylation is 2. The molecule has 0 radical (unpaired) electrons. The maximum absolute atomic E-state index is 12.8. The molecule has 5 nitrogen and oxygen atoms in total. The maximum Gasteiger partial charge on any atom is 0.222 e. The van der Waals surface area contributed by atoms with Gasteiger partial charge in [-0.1, -0.05) is 42.3 Å². The monoisotopic (exact) mass is 435 g/mol. The molecular weight excluding hydrogens is 398 g/mol. The highest BCUT2D eigenvalue weighted by Crippen LogP contribution is 2.36. The zero-order chi connectivity index (χ0) is 22.3. The number of ether oxygens (including phenoxy) is 1. The van der Waals surface area contributed by atoms with E-state index < -0.39 is 0 Å². The van der Waals surface area contributed by atoms with E-state index in [2.05, 4.69) is 71.4 Å². The van der Waals surface area contributed by atoms with Gasteiger partial charge in [-0.15, -0.1) is 0 Å². The number of carbonyl (C=O) groups excluding carboxylic acids is 1. The third-order valence-electron chi connectivity index (χ3n) is 6.61. The quantitative estimate of drug-likeness (QED) is 0.622. The number of fused-ring (bicyclic) bond motifs is 1. The number of rotatable bonds is 8. The van der Waals surface area contributed by atoms with Gasteiger partial charge < -0.3 is 19.9 Å². The highest BCUT2D eigenvalue weighted by molar-refractivity contribution is 5.77. The summed E-state index contributed by atoms with van der Waals surface area (Å²) in [7, 11) is 0. The Kier molecular flexibility index (Phi) is 7.69. The van der Waals surface area contributed by atoms with Crippen LogP contribution in [-0.2, 0) is 11.3 Å². The topological polar surface area (TPSA) is 44.8 Å². The fourth-order valence-corrected chi connectivity index (χ4v) is 4.72. The van der Waals surface area contributed by atoms with E-state index >= 15 is 0 Å². The molecule has 2 aliphatic rings. The Morgan fingerprint density at radius 3 is 2.56 bits per heavy atom. The summed E-state index contributed by atoms with van der Waals surface area (Å²) >= 11 is 0. The molecule has 2 aromatic carbocycles. The summed E-state index contributed by atoms with van der Waals surface area (Å²) in [5.41, 5.74) is 4.76. The molecular formula is C27H37N3O2. The van der Waals surface area contributed by atoms with Gasteiger partial charge in [0.05, 0.1) is 18.2 Å². The second-order valence-corrected chi connectivity index (χ2v) is 9.36. The van der Waals surface area contributed by atoms with Crippen LogP contribution in [0.5, 0.6) is 5.75 Å². The van der Waals surface area contributed by atoms with E-state index in [4.69, 9.17) is 4.74 Å². The molecule has 172 valence electrons. The molecule has 1 fully saturated rings. The second-order valence-electron chi connectivity index (χ2n) is 9.36. The van der Waals surface area contributed by atoms with Crippen LogP contribution in [0.1, 0.15) is 48.8 Å². The minimum atomic E-state index is 0.0219. The Labute approximate surface area is 192 Å². The minimum Gasteiger partial charge on any atom is -0.489 e. The van der Waals surface area contributed by atoms with Gasteiger partial charge in [-0.3, -0.25) is 4.79 Å². The molecule has 0 aliphatic carbocycles. The first-order valence-electron chi connectivity index (χ1n) is 12.1. The highest BCUT2D eigenvalue weighted by atomic mass is 16.5. The SMILES string of the molecule is Cc1ccc(CN2c3ccc(C)cc3OC[C@H]2CC(=O)NCCCN2CCCCC2)cc1. The van der Waals surface area contributed by atoms with Crippen molar-refractivity contribution in [3.63, 3.8) is 0 Å². The summed E-state index contributed by atoms with van der Waals surface area (Å²) in [6.07, 6.45) is 5.45. The van der Waals surface area contributed by atoms with Crippen LogP contribution in [0.25, 0.3) is 0 Å². The summed E-state index contributed by atoms with van der Waals surface area (Å²) < 4.78 is 6.08. The first-order chi connectivity index (χ1) is 15.6. The molecule has 1 atom stereocenters. The third kappa shape index (κ3) is 6.04. The van der Waals surface area contributed by atoms with Crippen LogP contribution in [0.2, 0.25) is 0 Å². The van der Waals surface area contributed by atoms with Crippen LogP contribution in [0, 0.1) is 13.8 Å². The predicted molar refractivity (Wildman–Crippen MR) is 130 cm³/mol. The average molecular weight is 436 g/mol. The Morgan fingerprint density at radius 2 is 1.78 bits per heavy atom. The molecule has 1 N–H and O–H groups in total. The van der Waals surface area contributed by atoms with Crippen molar-refractivity contribution in [3.05, 3.63) is 59.2 Å². The van der Waals surface area contributed by atoms with E-state index in [0.717, 1.165) is 37.5 Å². The molecule has 0 bridgehead atoms. The number of benzene rings is 2. The number of amides is 1. The Morgan fingerprint density at radius 1 is 1.03 bits per heavy atom. The molecule has 0 spiro atoms. The lowest BCUT2D eigenvalue weighted by molar-refractivity contribution is -0.121. The summed E-state index contributed by atoms with van der Waals surface area (Å²) in [4.78, 5) is 17.6. The van der Waals surface area contributed by atoms with Crippen molar-refractivity contribution in [3.8, 4) is 5.75 Å². The van der Waals surface area contributed by atoms with Crippen molar-refractivity contribution >= 4 is 11.6 Å². The van der Waals surface area contributed by atoms with Crippen molar-refractivity contribution < 1.29 is 9.53 Å². The van der Waals surface area contributed by atoms with Crippen LogP contribution in [-0.4, -0.2) is 49.6 Å². The lowest BCUT2D eigenvalue weighted by Gasteiger charge is -2.38. The summed E-state index contributed by atoms with van der Waals surface area (Å²) in [6.45, 7) is 9.73. The number of nitrogens with one attached hydrogen (secondary N) is 1. The first kappa shape index (κ1) is 22.7. The van der Waals surface area contributed by atoms with E-state index in [-0.39, 0.29) is 11.9 Å². The lowest BCUT2D eigenvalue weighted by Crippen LogP contribution is -2.45. The van der Waals surface area contributed by atoms with Gasteiger partial charge in [-0.05, 0) is 76.0 Å². The largest absolute Gasteiger partial charge is 0.489 e. The average Bonchev–Trinajstić information content (AvgIpc) is 2.80. The third-order valence-corrected chi connectivity index (χ3v) is 6.61. The normalized spacial score (nSPS) is 18.7. The van der Waals surface area contributed by atoms with Gasteiger partial charge in [-0.2, -0.15) is 0 Å². The Bertz CT molecular complexity index is 890. The summed E-state index contributed by atoms with van der Waals surface area (Å²) in [6, 6.07) is 15.0. The van der Waals surface area contributed by atoms with E-state index in [1.807, 2.05) is 0 Å². The van der Waals surface area contributed by atoms with Gasteiger partial charge in [0.1, 0.15) is 12.4 Å². The molecule has 1 saturated heterocycles. The summed E-state index contributed by atoms with van der Waals surface area (Å²) in [5, 5.41) is 3.15. The number of anilines is 1. The molecule has 2 aromatic rings. The van der Waals surface area contributed by atoms with Crippen LogP contribution in [0.3, 0.4) is 0 Å². The lowest BCUT2D eigenvalue weighted by atomic mass is 10.0. The van der Waals surface area contributed by atoms with Crippen molar-refractivity contribution in [1.82, 2.24) is 10.2 Å². The van der Waals surface area contributed by atoms with Gasteiger partial charge in [0.15, 0.2) is 0 Å². The van der Waals surface area contributed by atoms with Crippen LogP contribution in [0.15, 0.2) is 42.5 Å². The van der Waals surface area contributed by atoms with Gasteiger partial charge in [0.2, 0.25) is 5.91 Å². The number of hydrogen-bond donors (Lipinski definition) is 1. The molecule has 32 heavy (non-hydrogen) atoms. The fourth-order valence-electron chi connectivity index (χ4n) is 4.72. The second kappa shape index (κ2) is 10.9. The van der Waals surface area contributed by atoms with E-state index in [1.165, 1.54) is 49.0 Å². The fraction of sp³-hybridized carbons (Fsp3) is 0.519. The van der Waals surface area contributed by atoms with Crippen molar-refractivity contribution in [2.24, 2.45) is 0 Å². The molecule has 4 rings (SSSR count). The zero-order valence-corrected chi connectivity index (χ0v) is 19.6. The molecule has 2 aliphatic heterocycles. The number of carbonyl (C=O) groups is 1. The van der Waals surface area contributed by atoms with Crippen molar-refractivity contribution in [2.75, 3.05) is 37.7 Å². The molecule has 1 amide bonds. The Hall–Kier alpha value is -2.53. The minimum absolute atomic E-state index is 0.0219. The number of nitrogens with zero attached hydrogens (tertiary/aromatic N) is 2. The summed E-state index contributed by atoms with van der Waals surface area (Å²) in [5.74, 6) is 1.03. The van der Waals surface area contributed by atoms with Gasteiger partial charge in [-0.25, -0.2) is 0 Å². The maximum atomic E-state index is 12.8. The highest BCUT2D eigenvalue weighted by Gasteiger charge is 2.29. The Balaban J connectivity index is 1.36. The first-order valence-corrected chi connectivity index (χ1v) is 12.1. The van der Waals surface area contributed by atoms with Crippen LogP contribution in [0.4, 0.5) is 5.69 Å².